The van der Waals surface area contributed by atoms with E-state index in [1.807, 2.05) is 0 Å². The number of Topliss-reactive ketones (excluding diaryl/α,β-unsaturated/α-hetero) is 1. The summed E-state index contributed by atoms with van der Waals surface area (Å²) in [5, 5.41) is 3.18. The first kappa shape index (κ1) is 13.8. The van der Waals surface area contributed by atoms with E-state index in [4.69, 9.17) is 21.1 Å². The summed E-state index contributed by atoms with van der Waals surface area (Å²) in [6, 6.07) is 1.59. The lowest BCUT2D eigenvalue weighted by molar-refractivity contribution is 0.0992. The van der Waals surface area contributed by atoms with Gasteiger partial charge in [0.2, 0.25) is 0 Å². The first-order valence-corrected chi connectivity index (χ1v) is 5.53. The number of ether oxygens (including phenoxy) is 2. The largest absolute Gasteiger partial charge is 0.493 e. The van der Waals surface area contributed by atoms with Gasteiger partial charge in [-0.1, -0.05) is 11.6 Å². The van der Waals surface area contributed by atoms with Crippen LogP contribution < -0.4 is 14.8 Å². The normalized spacial score (nSPS) is 10.2. The molecule has 0 saturated heterocycles. The van der Waals surface area contributed by atoms with Crippen molar-refractivity contribution in [1.82, 2.24) is 5.32 Å². The molecule has 0 saturated carbocycles. The van der Waals surface area contributed by atoms with E-state index < -0.39 is 0 Å². The fourth-order valence-corrected chi connectivity index (χ4v) is 2.07. The van der Waals surface area contributed by atoms with Crippen molar-refractivity contribution in [2.45, 2.75) is 6.92 Å². The second-order valence-corrected chi connectivity index (χ2v) is 3.95. The van der Waals surface area contributed by atoms with Crippen molar-refractivity contribution in [2.24, 2.45) is 0 Å². The number of benzene rings is 1. The second-order valence-electron chi connectivity index (χ2n) is 3.55. The summed E-state index contributed by atoms with van der Waals surface area (Å²) in [5.74, 6) is 0.989. The predicted molar refractivity (Wildman–Crippen MR) is 67.6 cm³/mol. The van der Waals surface area contributed by atoms with E-state index in [9.17, 15) is 4.79 Å². The topological polar surface area (TPSA) is 47.6 Å². The summed E-state index contributed by atoms with van der Waals surface area (Å²) >= 11 is 6.09. The first-order valence-electron chi connectivity index (χ1n) is 5.15. The Hall–Kier alpha value is -1.26. The molecule has 4 nitrogen and oxygen atoms in total. The molecule has 5 heteroatoms. The van der Waals surface area contributed by atoms with Gasteiger partial charge in [-0.25, -0.2) is 0 Å². The van der Waals surface area contributed by atoms with Crippen molar-refractivity contribution >= 4 is 17.4 Å². The summed E-state index contributed by atoms with van der Waals surface area (Å²) in [6.07, 6.45) is 0. The van der Waals surface area contributed by atoms with Crippen molar-refractivity contribution in [3.63, 3.8) is 0 Å². The summed E-state index contributed by atoms with van der Waals surface area (Å²) in [4.78, 5) is 11.9. The Labute approximate surface area is 106 Å². The molecule has 1 rings (SSSR count). The Morgan fingerprint density at radius 3 is 2.53 bits per heavy atom. The minimum atomic E-state index is -0.0732. The molecule has 0 aliphatic heterocycles. The van der Waals surface area contributed by atoms with Gasteiger partial charge in [0.1, 0.15) is 0 Å². The van der Waals surface area contributed by atoms with Crippen LogP contribution >= 0.6 is 11.6 Å². The van der Waals surface area contributed by atoms with Crippen LogP contribution in [0, 0.1) is 6.92 Å². The fraction of sp³-hybridized carbons (Fsp3) is 0.417. The molecule has 0 fully saturated rings. The number of ketones is 1. The van der Waals surface area contributed by atoms with Crippen LogP contribution in [0.3, 0.4) is 0 Å². The highest BCUT2D eigenvalue weighted by molar-refractivity contribution is 6.34. The molecule has 0 spiro atoms. The lowest BCUT2D eigenvalue weighted by Crippen LogP contribution is -2.20. The summed E-state index contributed by atoms with van der Waals surface area (Å²) in [6.45, 7) is 2.02. The van der Waals surface area contributed by atoms with Gasteiger partial charge in [0, 0.05) is 17.2 Å². The average molecular weight is 258 g/mol. The van der Waals surface area contributed by atoms with Crippen molar-refractivity contribution < 1.29 is 14.3 Å². The smallest absolute Gasteiger partial charge is 0.178 e. The Morgan fingerprint density at radius 1 is 1.41 bits per heavy atom. The molecule has 0 unspecified atom stereocenters. The molecule has 0 aliphatic rings. The number of methoxy groups -OCH3 is 2. The molecule has 1 N–H and O–H groups in total. The van der Waals surface area contributed by atoms with E-state index in [2.05, 4.69) is 5.32 Å². The summed E-state index contributed by atoms with van der Waals surface area (Å²) in [5.41, 5.74) is 1.16. The van der Waals surface area contributed by atoms with E-state index in [1.165, 1.54) is 14.2 Å². The van der Waals surface area contributed by atoms with Gasteiger partial charge < -0.3 is 14.8 Å². The molecular formula is C12H16ClNO3. The molecule has 0 radical (unpaired) electrons. The lowest BCUT2D eigenvalue weighted by Gasteiger charge is -2.15. The Kier molecular flexibility index (Phi) is 4.78. The number of halogens is 1. The van der Waals surface area contributed by atoms with Crippen molar-refractivity contribution in [3.05, 3.63) is 22.2 Å². The maximum atomic E-state index is 11.9. The number of carbonyl (C=O) groups is 1. The minimum Gasteiger partial charge on any atom is -0.493 e. The van der Waals surface area contributed by atoms with Gasteiger partial charge in [-0.15, -0.1) is 0 Å². The van der Waals surface area contributed by atoms with Crippen LogP contribution in [-0.2, 0) is 0 Å². The van der Waals surface area contributed by atoms with E-state index in [0.29, 0.717) is 27.6 Å². The van der Waals surface area contributed by atoms with E-state index in [-0.39, 0.29) is 12.3 Å². The first-order chi connectivity index (χ1) is 8.06. The number of hydrogen-bond acceptors (Lipinski definition) is 4. The van der Waals surface area contributed by atoms with Crippen LogP contribution in [0.5, 0.6) is 11.5 Å². The number of carbonyl (C=O) groups excluding carboxylic acids is 1. The third-order valence-electron chi connectivity index (χ3n) is 2.48. The van der Waals surface area contributed by atoms with Gasteiger partial charge >= 0.3 is 0 Å². The average Bonchev–Trinajstić information content (AvgIpc) is 2.28. The van der Waals surface area contributed by atoms with E-state index >= 15 is 0 Å². The molecular weight excluding hydrogens is 242 g/mol. The van der Waals surface area contributed by atoms with Crippen molar-refractivity contribution in [3.8, 4) is 11.5 Å². The van der Waals surface area contributed by atoms with Gasteiger partial charge in [0.25, 0.3) is 0 Å². The maximum Gasteiger partial charge on any atom is 0.178 e. The monoisotopic (exact) mass is 257 g/mol. The molecule has 0 aromatic heterocycles. The molecule has 1 aromatic rings. The van der Waals surface area contributed by atoms with Crippen LogP contribution in [0.4, 0.5) is 0 Å². The molecule has 94 valence electrons. The quantitative estimate of drug-likeness (QED) is 0.821. The van der Waals surface area contributed by atoms with Gasteiger partial charge in [-0.2, -0.15) is 0 Å². The SMILES string of the molecule is CNCC(=O)c1c(Cl)cc(OC)c(OC)c1C. The number of rotatable bonds is 5. The Bertz CT molecular complexity index is 432. The third kappa shape index (κ3) is 2.70. The zero-order valence-electron chi connectivity index (χ0n) is 10.4. The maximum absolute atomic E-state index is 11.9. The lowest BCUT2D eigenvalue weighted by atomic mass is 10.0. The van der Waals surface area contributed by atoms with Gasteiger partial charge in [0.05, 0.1) is 25.8 Å². The summed E-state index contributed by atoms with van der Waals surface area (Å²) < 4.78 is 10.4. The predicted octanol–water partition coefficient (Wildman–Crippen LogP) is 2.07. The van der Waals surface area contributed by atoms with Crippen LogP contribution in [0.2, 0.25) is 5.02 Å². The van der Waals surface area contributed by atoms with Gasteiger partial charge in [-0.05, 0) is 14.0 Å². The molecule has 0 aliphatic carbocycles. The van der Waals surface area contributed by atoms with Crippen molar-refractivity contribution in [1.29, 1.82) is 0 Å². The van der Waals surface area contributed by atoms with E-state index in [1.54, 1.807) is 20.0 Å². The molecule has 0 atom stereocenters. The zero-order valence-corrected chi connectivity index (χ0v) is 11.1. The molecule has 17 heavy (non-hydrogen) atoms. The molecule has 0 heterocycles. The summed E-state index contributed by atoms with van der Waals surface area (Å²) in [7, 11) is 4.77. The van der Waals surface area contributed by atoms with Gasteiger partial charge in [-0.3, -0.25) is 4.79 Å². The highest BCUT2D eigenvalue weighted by Gasteiger charge is 2.20. The number of likely N-dealkylation sites (N-methyl/N-ethyl adjacent to an activating group) is 1. The van der Waals surface area contributed by atoms with E-state index in [0.717, 1.165) is 0 Å². The molecule has 0 bridgehead atoms. The highest BCUT2D eigenvalue weighted by atomic mass is 35.5. The molecule has 1 aromatic carbocycles. The Morgan fingerprint density at radius 2 is 2.06 bits per heavy atom. The van der Waals surface area contributed by atoms with Crippen molar-refractivity contribution in [2.75, 3.05) is 27.8 Å². The standard InChI is InChI=1S/C12H16ClNO3/c1-7-11(9(15)6-14-2)8(13)5-10(16-3)12(7)17-4/h5,14H,6H2,1-4H3. The second kappa shape index (κ2) is 5.89. The highest BCUT2D eigenvalue weighted by Crippen LogP contribution is 2.37. The fourth-order valence-electron chi connectivity index (χ4n) is 1.73. The third-order valence-corrected chi connectivity index (χ3v) is 2.77. The van der Waals surface area contributed by atoms with Crippen LogP contribution in [-0.4, -0.2) is 33.6 Å². The van der Waals surface area contributed by atoms with Crippen LogP contribution in [0.25, 0.3) is 0 Å². The van der Waals surface area contributed by atoms with Crippen LogP contribution in [0.1, 0.15) is 15.9 Å². The Balaban J connectivity index is 3.36. The number of hydrogen-bond donors (Lipinski definition) is 1. The number of nitrogens with one attached hydrogen (secondary N) is 1. The van der Waals surface area contributed by atoms with Crippen LogP contribution in [0.15, 0.2) is 6.07 Å². The molecule has 0 amide bonds. The zero-order chi connectivity index (χ0) is 13.0. The van der Waals surface area contributed by atoms with Gasteiger partial charge in [0.15, 0.2) is 17.3 Å². The minimum absolute atomic E-state index is 0.0732.